The highest BCUT2D eigenvalue weighted by atomic mass is 32.2. The Kier molecular flexibility index (Phi) is 8.69. The van der Waals surface area contributed by atoms with Gasteiger partial charge in [0, 0.05) is 19.1 Å². The number of thiocarbonyl (C=S) groups is 1. The molecule has 0 aromatic carbocycles. The Bertz CT molecular complexity index is 740. The van der Waals surface area contributed by atoms with E-state index < -0.39 is 11.2 Å². The summed E-state index contributed by atoms with van der Waals surface area (Å²) >= 11 is 7.43. The molecule has 0 unspecified atom stereocenters. The summed E-state index contributed by atoms with van der Waals surface area (Å²) in [7, 11) is 0. The van der Waals surface area contributed by atoms with Crippen LogP contribution in [0.25, 0.3) is 0 Å². The van der Waals surface area contributed by atoms with Crippen LogP contribution in [0.1, 0.15) is 51.9 Å². The lowest BCUT2D eigenvalue weighted by Gasteiger charge is -2.32. The number of nitrogens with zero attached hydrogens (tertiary/aromatic N) is 2. The van der Waals surface area contributed by atoms with Gasteiger partial charge in [0.15, 0.2) is 10.8 Å². The molecule has 2 rings (SSSR count). The second-order valence-electron chi connectivity index (χ2n) is 6.88. The monoisotopic (exact) mass is 413 g/mol. The van der Waals surface area contributed by atoms with E-state index in [1.807, 2.05) is 11.8 Å². The minimum atomic E-state index is -0.467. The third kappa shape index (κ3) is 5.51. The number of anilines is 2. The summed E-state index contributed by atoms with van der Waals surface area (Å²) in [5.74, 6) is 1.25. The van der Waals surface area contributed by atoms with E-state index in [-0.39, 0.29) is 11.9 Å². The van der Waals surface area contributed by atoms with Gasteiger partial charge in [0.25, 0.3) is 5.56 Å². The van der Waals surface area contributed by atoms with Crippen LogP contribution in [0.4, 0.5) is 11.5 Å². The molecule has 1 saturated carbocycles. The smallest absolute Gasteiger partial charge is 0.330 e. The van der Waals surface area contributed by atoms with E-state index in [1.165, 1.54) is 4.57 Å². The van der Waals surface area contributed by atoms with Crippen molar-refractivity contribution in [2.75, 3.05) is 29.2 Å². The van der Waals surface area contributed by atoms with Crippen LogP contribution in [0, 0.1) is 0 Å². The van der Waals surface area contributed by atoms with Crippen molar-refractivity contribution in [1.29, 1.82) is 0 Å². The predicted octanol–water partition coefficient (Wildman–Crippen LogP) is 2.30. The number of hydrogen-bond acceptors (Lipinski definition) is 5. The number of thioether (sulfide) groups is 1. The Hall–Kier alpha value is -1.48. The van der Waals surface area contributed by atoms with Crippen LogP contribution < -0.4 is 27.2 Å². The number of unbranched alkanes of at least 4 members (excludes halogenated alkanes) is 1. The largest absolute Gasteiger partial charge is 0.383 e. The number of H-pyrrole nitrogens is 1. The van der Waals surface area contributed by atoms with Crippen LogP contribution in [0.2, 0.25) is 0 Å². The van der Waals surface area contributed by atoms with Gasteiger partial charge in [0.1, 0.15) is 5.82 Å². The molecule has 0 aliphatic heterocycles. The number of rotatable bonds is 9. The van der Waals surface area contributed by atoms with E-state index in [4.69, 9.17) is 18.0 Å². The zero-order valence-electron chi connectivity index (χ0n) is 16.3. The topological polar surface area (TPSA) is 96.2 Å². The third-order valence-electron chi connectivity index (χ3n) is 4.90. The lowest BCUT2D eigenvalue weighted by atomic mass is 10.2. The molecule has 0 saturated heterocycles. The van der Waals surface area contributed by atoms with Crippen molar-refractivity contribution in [3.63, 3.8) is 0 Å². The Balaban J connectivity index is 2.38. The average molecular weight is 414 g/mol. The quantitative estimate of drug-likeness (QED) is 0.422. The molecule has 0 amide bonds. The molecule has 0 atom stereocenters. The molecule has 27 heavy (non-hydrogen) atoms. The second-order valence-corrected chi connectivity index (χ2v) is 8.26. The molecule has 1 aliphatic rings. The van der Waals surface area contributed by atoms with Crippen LogP contribution in [0.3, 0.4) is 0 Å². The van der Waals surface area contributed by atoms with Gasteiger partial charge < -0.3 is 16.0 Å². The molecule has 1 aromatic heterocycles. The number of nitrogens with one attached hydrogen (secondary N) is 2. The maximum atomic E-state index is 12.7. The minimum absolute atomic E-state index is 0.131. The normalized spacial score (nSPS) is 14.4. The summed E-state index contributed by atoms with van der Waals surface area (Å²) in [6.07, 6.45) is 8.93. The maximum absolute atomic E-state index is 12.7. The van der Waals surface area contributed by atoms with Crippen LogP contribution in [0.15, 0.2) is 9.59 Å². The summed E-state index contributed by atoms with van der Waals surface area (Å²) in [4.78, 5) is 29.2. The summed E-state index contributed by atoms with van der Waals surface area (Å²) in [5, 5.41) is 3.79. The number of aromatic amines is 1. The number of hydrogen-bond donors (Lipinski definition) is 3. The molecule has 0 spiro atoms. The number of nitrogens with two attached hydrogens (primary N) is 1. The molecule has 4 N–H and O–H groups in total. The summed E-state index contributed by atoms with van der Waals surface area (Å²) in [6, 6.07) is 0.131. The Morgan fingerprint density at radius 1 is 1.37 bits per heavy atom. The molecule has 1 aliphatic carbocycles. The first kappa shape index (κ1) is 21.8. The van der Waals surface area contributed by atoms with E-state index in [0.717, 1.165) is 57.2 Å². The minimum Gasteiger partial charge on any atom is -0.383 e. The van der Waals surface area contributed by atoms with E-state index >= 15 is 0 Å². The van der Waals surface area contributed by atoms with E-state index in [0.29, 0.717) is 17.3 Å². The van der Waals surface area contributed by atoms with Crippen LogP contribution >= 0.6 is 24.0 Å². The average Bonchev–Trinajstić information content (AvgIpc) is 3.16. The lowest BCUT2D eigenvalue weighted by molar-refractivity contribution is 0.600. The van der Waals surface area contributed by atoms with Crippen LogP contribution in [0.5, 0.6) is 0 Å². The predicted molar refractivity (Wildman–Crippen MR) is 119 cm³/mol. The van der Waals surface area contributed by atoms with Gasteiger partial charge in [-0.3, -0.25) is 14.3 Å². The molecular formula is C18H31N5O2S2. The number of nitrogen functional groups attached to an aromatic ring is 1. The fourth-order valence-corrected chi connectivity index (χ4v) is 4.23. The fraction of sp³-hybridized carbons (Fsp3) is 0.722. The van der Waals surface area contributed by atoms with Crippen molar-refractivity contribution in [2.24, 2.45) is 0 Å². The first-order chi connectivity index (χ1) is 13.0. The molecule has 1 aromatic rings. The highest BCUT2D eigenvalue weighted by molar-refractivity contribution is 7.98. The van der Waals surface area contributed by atoms with Crippen molar-refractivity contribution in [2.45, 2.75) is 64.5 Å². The molecule has 0 radical (unpaired) electrons. The lowest BCUT2D eigenvalue weighted by Crippen LogP contribution is -2.49. The van der Waals surface area contributed by atoms with Crippen LogP contribution in [-0.4, -0.2) is 39.3 Å². The van der Waals surface area contributed by atoms with E-state index in [2.05, 4.69) is 16.6 Å². The van der Waals surface area contributed by atoms with E-state index in [9.17, 15) is 9.59 Å². The van der Waals surface area contributed by atoms with Gasteiger partial charge >= 0.3 is 5.69 Å². The maximum Gasteiger partial charge on any atom is 0.330 e. The summed E-state index contributed by atoms with van der Waals surface area (Å²) < 4.78 is 1.46. The highest BCUT2D eigenvalue weighted by Gasteiger charge is 2.30. The van der Waals surface area contributed by atoms with Gasteiger partial charge in [-0.1, -0.05) is 26.2 Å². The zero-order chi connectivity index (χ0) is 19.8. The highest BCUT2D eigenvalue weighted by Crippen LogP contribution is 2.29. The van der Waals surface area contributed by atoms with Gasteiger partial charge in [-0.2, -0.15) is 11.8 Å². The van der Waals surface area contributed by atoms with E-state index in [1.54, 1.807) is 11.8 Å². The van der Waals surface area contributed by atoms with Gasteiger partial charge in [0.2, 0.25) is 0 Å². The van der Waals surface area contributed by atoms with Gasteiger partial charge in [-0.15, -0.1) is 0 Å². The molecule has 1 fully saturated rings. The van der Waals surface area contributed by atoms with Crippen molar-refractivity contribution in [3.05, 3.63) is 20.8 Å². The zero-order valence-corrected chi connectivity index (χ0v) is 17.9. The summed E-state index contributed by atoms with van der Waals surface area (Å²) in [6.45, 7) is 3.28. The molecule has 9 heteroatoms. The van der Waals surface area contributed by atoms with Gasteiger partial charge in [0.05, 0.1) is 0 Å². The van der Waals surface area contributed by atoms with Crippen molar-refractivity contribution in [3.8, 4) is 0 Å². The first-order valence-electron chi connectivity index (χ1n) is 9.69. The molecule has 152 valence electrons. The van der Waals surface area contributed by atoms with Crippen LogP contribution in [-0.2, 0) is 6.54 Å². The molecule has 1 heterocycles. The van der Waals surface area contributed by atoms with Gasteiger partial charge in [-0.25, -0.2) is 4.79 Å². The van der Waals surface area contributed by atoms with Gasteiger partial charge in [-0.05, 0) is 49.9 Å². The Morgan fingerprint density at radius 2 is 2.07 bits per heavy atom. The Labute approximate surface area is 170 Å². The molecule has 7 nitrogen and oxygen atoms in total. The van der Waals surface area contributed by atoms with Crippen molar-refractivity contribution >= 4 is 40.6 Å². The third-order valence-corrected chi connectivity index (χ3v) is 5.94. The molecule has 0 bridgehead atoms. The standard InChI is InChI=1S/C18H31N5O2S2/c1-3-4-11-22-15(19)14(16(24)21-17(22)25)23(13-8-5-6-9-13)18(26)20-10-7-12-27-2/h13H,3-12,19H2,1-2H3,(H,20,26)(H,21,24,25). The second kappa shape index (κ2) is 10.8. The van der Waals surface area contributed by atoms with Crippen molar-refractivity contribution < 1.29 is 0 Å². The Morgan fingerprint density at radius 3 is 2.70 bits per heavy atom. The van der Waals surface area contributed by atoms with Crippen molar-refractivity contribution in [1.82, 2.24) is 14.9 Å². The fourth-order valence-electron chi connectivity index (χ4n) is 3.46. The molecular weight excluding hydrogens is 382 g/mol. The SMILES string of the molecule is CCCCn1c(N)c(N(C(=S)NCCCSC)C2CCCC2)c(=O)[nH]c1=O. The number of aromatic nitrogens is 2. The summed E-state index contributed by atoms with van der Waals surface area (Å²) in [5.41, 5.74) is 5.70. The first-order valence-corrected chi connectivity index (χ1v) is 11.5.